The molecule has 0 amide bonds. The van der Waals surface area contributed by atoms with Gasteiger partial charge in [0.1, 0.15) is 0 Å². The minimum atomic E-state index is -0.112. The molecule has 1 aromatic carbocycles. The summed E-state index contributed by atoms with van der Waals surface area (Å²) >= 11 is 0. The Balaban J connectivity index is 0.00000529. The second kappa shape index (κ2) is 10.6. The van der Waals surface area contributed by atoms with Gasteiger partial charge in [0.25, 0.3) is 0 Å². The van der Waals surface area contributed by atoms with Crippen molar-refractivity contribution in [1.82, 2.24) is 10.6 Å². The van der Waals surface area contributed by atoms with Crippen LogP contribution in [0.15, 0.2) is 23.2 Å². The van der Waals surface area contributed by atoms with Crippen LogP contribution in [0.2, 0.25) is 0 Å². The van der Waals surface area contributed by atoms with Gasteiger partial charge in [0, 0.05) is 18.0 Å². The van der Waals surface area contributed by atoms with Gasteiger partial charge in [-0.2, -0.15) is 0 Å². The number of halogens is 1. The van der Waals surface area contributed by atoms with E-state index in [2.05, 4.69) is 51.3 Å². The number of methoxy groups -OCH3 is 2. The predicted octanol–water partition coefficient (Wildman–Crippen LogP) is 3.56. The quantitative estimate of drug-likeness (QED) is 0.380. The molecule has 0 atom stereocenters. The van der Waals surface area contributed by atoms with Crippen LogP contribution < -0.4 is 20.1 Å². The molecule has 1 rings (SSSR count). The normalized spacial score (nSPS) is 11.8. The van der Waals surface area contributed by atoms with Crippen LogP contribution in [0.25, 0.3) is 0 Å². The smallest absolute Gasteiger partial charge is 0.191 e. The molecule has 0 aliphatic heterocycles. The summed E-state index contributed by atoms with van der Waals surface area (Å²) in [5, 5.41) is 6.61. The lowest BCUT2D eigenvalue weighted by Crippen LogP contribution is -2.41. The molecular formula is C18H32IN3O2. The van der Waals surface area contributed by atoms with Crippen LogP contribution in [0.4, 0.5) is 0 Å². The van der Waals surface area contributed by atoms with Crippen LogP contribution in [0.1, 0.15) is 40.2 Å². The van der Waals surface area contributed by atoms with Gasteiger partial charge in [0.2, 0.25) is 0 Å². The van der Waals surface area contributed by atoms with Crippen molar-refractivity contribution >= 4 is 29.9 Å². The highest BCUT2D eigenvalue weighted by molar-refractivity contribution is 14.0. The molecule has 0 aromatic heterocycles. The lowest BCUT2D eigenvalue weighted by atomic mass is 9.84. The first-order chi connectivity index (χ1) is 10.8. The molecule has 0 unspecified atom stereocenters. The molecule has 0 spiro atoms. The number of ether oxygens (including phenoxy) is 2. The average Bonchev–Trinajstić information content (AvgIpc) is 2.51. The summed E-state index contributed by atoms with van der Waals surface area (Å²) in [7, 11) is 3.30. The number of nitrogens with one attached hydrogen (secondary N) is 2. The van der Waals surface area contributed by atoms with Crippen molar-refractivity contribution < 1.29 is 9.47 Å². The maximum atomic E-state index is 5.40. The lowest BCUT2D eigenvalue weighted by molar-refractivity contribution is 0.353. The molecule has 138 valence electrons. The Morgan fingerprint density at radius 3 is 2.29 bits per heavy atom. The largest absolute Gasteiger partial charge is 0.493 e. The second-order valence-corrected chi connectivity index (χ2v) is 6.45. The first-order valence-corrected chi connectivity index (χ1v) is 8.11. The Hall–Kier alpha value is -1.18. The molecule has 0 radical (unpaired) electrons. The third-order valence-corrected chi connectivity index (χ3v) is 3.57. The molecule has 0 heterocycles. The lowest BCUT2D eigenvalue weighted by Gasteiger charge is -2.25. The molecular weight excluding hydrogens is 417 g/mol. The van der Waals surface area contributed by atoms with E-state index in [0.717, 1.165) is 24.0 Å². The Kier molecular flexibility index (Phi) is 10.1. The summed E-state index contributed by atoms with van der Waals surface area (Å²) in [5.74, 6) is 2.33. The van der Waals surface area contributed by atoms with E-state index < -0.39 is 0 Å². The van der Waals surface area contributed by atoms with Gasteiger partial charge >= 0.3 is 0 Å². The molecule has 6 heteroatoms. The topological polar surface area (TPSA) is 54.9 Å². The number of rotatable bonds is 7. The fourth-order valence-corrected chi connectivity index (χ4v) is 2.22. The van der Waals surface area contributed by atoms with Gasteiger partial charge in [0.05, 0.1) is 20.8 Å². The van der Waals surface area contributed by atoms with E-state index in [0.29, 0.717) is 12.6 Å². The first-order valence-electron chi connectivity index (χ1n) is 8.11. The number of hydrogen-bond acceptors (Lipinski definition) is 3. The van der Waals surface area contributed by atoms with Crippen LogP contribution in [-0.4, -0.2) is 39.3 Å². The van der Waals surface area contributed by atoms with E-state index in [4.69, 9.17) is 14.5 Å². The first kappa shape index (κ1) is 22.8. The van der Waals surface area contributed by atoms with Gasteiger partial charge in [-0.1, -0.05) is 19.9 Å². The number of hydrogen-bond donors (Lipinski definition) is 2. The number of guanidine groups is 1. The SMILES string of the molecule is CCNC(=NCC(C)(C)c1ccc(OC)c(OC)c1)NC(C)C.I. The average molecular weight is 449 g/mol. The standard InChI is InChI=1S/C18H31N3O2.HI/c1-8-19-17(21-13(2)3)20-12-18(4,5)14-9-10-15(22-6)16(11-14)23-7;/h9-11,13H,8,12H2,1-7H3,(H2,19,20,21);1H. The fourth-order valence-electron chi connectivity index (χ4n) is 2.22. The van der Waals surface area contributed by atoms with Gasteiger partial charge in [-0.15, -0.1) is 24.0 Å². The predicted molar refractivity (Wildman–Crippen MR) is 112 cm³/mol. The molecule has 5 nitrogen and oxygen atoms in total. The Bertz CT molecular complexity index is 531. The van der Waals surface area contributed by atoms with Gasteiger partial charge in [0.15, 0.2) is 17.5 Å². The second-order valence-electron chi connectivity index (χ2n) is 6.45. The molecule has 0 saturated heterocycles. The van der Waals surface area contributed by atoms with E-state index in [9.17, 15) is 0 Å². The molecule has 0 fully saturated rings. The van der Waals surface area contributed by atoms with Gasteiger partial charge in [-0.3, -0.25) is 4.99 Å². The molecule has 24 heavy (non-hydrogen) atoms. The third-order valence-electron chi connectivity index (χ3n) is 3.57. The van der Waals surface area contributed by atoms with Crippen LogP contribution in [0.5, 0.6) is 11.5 Å². The summed E-state index contributed by atoms with van der Waals surface area (Å²) in [5.41, 5.74) is 1.05. The molecule has 0 bridgehead atoms. The molecule has 0 saturated carbocycles. The zero-order chi connectivity index (χ0) is 17.5. The van der Waals surface area contributed by atoms with Gasteiger partial charge in [-0.25, -0.2) is 0 Å². The number of benzene rings is 1. The summed E-state index contributed by atoms with van der Waals surface area (Å²) in [4.78, 5) is 4.72. The highest BCUT2D eigenvalue weighted by Crippen LogP contribution is 2.33. The monoisotopic (exact) mass is 449 g/mol. The van der Waals surface area contributed by atoms with Gasteiger partial charge in [-0.05, 0) is 38.5 Å². The molecule has 0 aliphatic carbocycles. The van der Waals surface area contributed by atoms with Crippen molar-refractivity contribution in [3.8, 4) is 11.5 Å². The van der Waals surface area contributed by atoms with E-state index in [1.807, 2.05) is 12.1 Å². The van der Waals surface area contributed by atoms with Crippen LogP contribution in [-0.2, 0) is 5.41 Å². The minimum absolute atomic E-state index is 0. The zero-order valence-electron chi connectivity index (χ0n) is 15.9. The van der Waals surface area contributed by atoms with Gasteiger partial charge < -0.3 is 20.1 Å². The number of nitrogens with zero attached hydrogens (tertiary/aromatic N) is 1. The summed E-state index contributed by atoms with van der Waals surface area (Å²) < 4.78 is 10.7. The maximum Gasteiger partial charge on any atom is 0.191 e. The van der Waals surface area contributed by atoms with E-state index in [1.54, 1.807) is 14.2 Å². The fraction of sp³-hybridized carbons (Fsp3) is 0.611. The van der Waals surface area contributed by atoms with Crippen molar-refractivity contribution in [2.75, 3.05) is 27.3 Å². The third kappa shape index (κ3) is 6.75. The van der Waals surface area contributed by atoms with Crippen LogP contribution in [0, 0.1) is 0 Å². The highest BCUT2D eigenvalue weighted by atomic mass is 127. The molecule has 1 aromatic rings. The Morgan fingerprint density at radius 2 is 1.79 bits per heavy atom. The van der Waals surface area contributed by atoms with Crippen LogP contribution in [0.3, 0.4) is 0 Å². The molecule has 0 aliphatic rings. The zero-order valence-corrected chi connectivity index (χ0v) is 18.2. The summed E-state index contributed by atoms with van der Waals surface area (Å²) in [6, 6.07) is 6.38. The van der Waals surface area contributed by atoms with Crippen molar-refractivity contribution in [2.45, 2.75) is 46.1 Å². The van der Waals surface area contributed by atoms with Crippen molar-refractivity contribution in [1.29, 1.82) is 0 Å². The van der Waals surface area contributed by atoms with Crippen molar-refractivity contribution in [2.24, 2.45) is 4.99 Å². The van der Waals surface area contributed by atoms with Crippen molar-refractivity contribution in [3.05, 3.63) is 23.8 Å². The van der Waals surface area contributed by atoms with E-state index in [-0.39, 0.29) is 29.4 Å². The summed E-state index contributed by atoms with van der Waals surface area (Å²) in [6.45, 7) is 12.1. The Labute approximate surface area is 163 Å². The molecule has 2 N–H and O–H groups in total. The highest BCUT2D eigenvalue weighted by Gasteiger charge is 2.22. The minimum Gasteiger partial charge on any atom is -0.493 e. The van der Waals surface area contributed by atoms with E-state index >= 15 is 0 Å². The maximum absolute atomic E-state index is 5.40. The Morgan fingerprint density at radius 1 is 1.17 bits per heavy atom. The van der Waals surface area contributed by atoms with Crippen LogP contribution >= 0.6 is 24.0 Å². The summed E-state index contributed by atoms with van der Waals surface area (Å²) in [6.07, 6.45) is 0. The number of aliphatic imine (C=N–C) groups is 1. The van der Waals surface area contributed by atoms with E-state index in [1.165, 1.54) is 5.56 Å². The van der Waals surface area contributed by atoms with Crippen molar-refractivity contribution in [3.63, 3.8) is 0 Å².